The van der Waals surface area contributed by atoms with Crippen LogP contribution in [0.25, 0.3) is 0 Å². The summed E-state index contributed by atoms with van der Waals surface area (Å²) in [6, 6.07) is 21.5. The minimum Gasteiger partial charge on any atom is -0.457 e. The van der Waals surface area contributed by atoms with E-state index in [-0.39, 0.29) is 12.5 Å². The zero-order chi connectivity index (χ0) is 26.4. The molecule has 0 aromatic heterocycles. The standard InChI is InChI=1S/C28H31BN2O6/c1-28(2,3)37-27(33)31-25(15-19-7-5-4-6-8-19)26(32)30-17-20-9-11-22(12-10-20)36-23-13-14-24-21(16-23)18-35-29(24)34/h4-14,16,25,34H,15,17-18H2,1-3H3,(H,30,32)(H,31,33). The molecular formula is C28H31BN2O6. The summed E-state index contributed by atoms with van der Waals surface area (Å²) >= 11 is 0. The monoisotopic (exact) mass is 502 g/mol. The van der Waals surface area contributed by atoms with Crippen molar-refractivity contribution in [3.8, 4) is 11.5 Å². The lowest BCUT2D eigenvalue weighted by molar-refractivity contribution is -0.123. The summed E-state index contributed by atoms with van der Waals surface area (Å²) in [5, 5.41) is 15.4. The molecular weight excluding hydrogens is 471 g/mol. The Morgan fingerprint density at radius 2 is 1.70 bits per heavy atom. The molecule has 4 rings (SSSR count). The van der Waals surface area contributed by atoms with Gasteiger partial charge in [0.05, 0.1) is 6.61 Å². The number of carbonyl (C=O) groups is 2. The fourth-order valence-electron chi connectivity index (χ4n) is 3.90. The smallest absolute Gasteiger partial charge is 0.457 e. The summed E-state index contributed by atoms with van der Waals surface area (Å²) < 4.78 is 16.5. The van der Waals surface area contributed by atoms with Crippen molar-refractivity contribution in [1.82, 2.24) is 10.6 Å². The molecule has 3 N–H and O–H groups in total. The van der Waals surface area contributed by atoms with Gasteiger partial charge in [-0.3, -0.25) is 4.79 Å². The molecule has 0 spiro atoms. The van der Waals surface area contributed by atoms with Crippen LogP contribution in [0.3, 0.4) is 0 Å². The lowest BCUT2D eigenvalue weighted by Crippen LogP contribution is -2.49. The molecule has 0 saturated heterocycles. The zero-order valence-electron chi connectivity index (χ0n) is 21.2. The van der Waals surface area contributed by atoms with Crippen LogP contribution in [0, 0.1) is 0 Å². The van der Waals surface area contributed by atoms with Crippen LogP contribution in [0.2, 0.25) is 0 Å². The average Bonchev–Trinajstić information content (AvgIpc) is 3.22. The van der Waals surface area contributed by atoms with E-state index in [1.807, 2.05) is 60.7 Å². The van der Waals surface area contributed by atoms with Gasteiger partial charge in [-0.05, 0) is 67.2 Å². The van der Waals surface area contributed by atoms with Crippen molar-refractivity contribution in [1.29, 1.82) is 0 Å². The van der Waals surface area contributed by atoms with E-state index in [1.54, 1.807) is 32.9 Å². The molecule has 1 aliphatic heterocycles. The Labute approximate surface area is 217 Å². The van der Waals surface area contributed by atoms with Crippen molar-refractivity contribution >= 4 is 24.6 Å². The van der Waals surface area contributed by atoms with Crippen LogP contribution < -0.4 is 20.8 Å². The lowest BCUT2D eigenvalue weighted by Gasteiger charge is -2.23. The maximum atomic E-state index is 13.0. The van der Waals surface area contributed by atoms with E-state index >= 15 is 0 Å². The van der Waals surface area contributed by atoms with Crippen molar-refractivity contribution in [2.45, 2.75) is 52.0 Å². The second kappa shape index (κ2) is 11.5. The third-order valence-electron chi connectivity index (χ3n) is 5.69. The first-order valence-electron chi connectivity index (χ1n) is 12.2. The van der Waals surface area contributed by atoms with Crippen molar-refractivity contribution < 1.29 is 28.7 Å². The van der Waals surface area contributed by atoms with Crippen LogP contribution in [0.5, 0.6) is 11.5 Å². The molecule has 0 fully saturated rings. The summed E-state index contributed by atoms with van der Waals surface area (Å²) in [6.45, 7) is 5.95. The molecule has 9 heteroatoms. The van der Waals surface area contributed by atoms with Crippen molar-refractivity contribution in [3.63, 3.8) is 0 Å². The summed E-state index contributed by atoms with van der Waals surface area (Å²) in [4.78, 5) is 25.4. The molecule has 0 saturated carbocycles. The zero-order valence-corrected chi connectivity index (χ0v) is 21.2. The Hall–Kier alpha value is -3.82. The van der Waals surface area contributed by atoms with Gasteiger partial charge in [-0.2, -0.15) is 0 Å². The second-order valence-electron chi connectivity index (χ2n) is 9.88. The highest BCUT2D eigenvalue weighted by atomic mass is 16.6. The van der Waals surface area contributed by atoms with Crippen LogP contribution in [-0.4, -0.2) is 35.8 Å². The highest BCUT2D eigenvalue weighted by molar-refractivity contribution is 6.61. The number of fused-ring (bicyclic) bond motifs is 1. The van der Waals surface area contributed by atoms with Gasteiger partial charge in [-0.1, -0.05) is 48.5 Å². The topological polar surface area (TPSA) is 106 Å². The molecule has 1 unspecified atom stereocenters. The van der Waals surface area contributed by atoms with Crippen molar-refractivity contribution in [2.75, 3.05) is 0 Å². The Bertz CT molecular complexity index is 1230. The molecule has 8 nitrogen and oxygen atoms in total. The van der Waals surface area contributed by atoms with Crippen LogP contribution in [-0.2, 0) is 33.8 Å². The van der Waals surface area contributed by atoms with Gasteiger partial charge in [0.2, 0.25) is 5.91 Å². The van der Waals surface area contributed by atoms with E-state index in [4.69, 9.17) is 14.1 Å². The molecule has 0 radical (unpaired) electrons. The predicted octanol–water partition coefficient (Wildman–Crippen LogP) is 3.45. The summed E-state index contributed by atoms with van der Waals surface area (Å²) in [5.74, 6) is 0.982. The van der Waals surface area contributed by atoms with Crippen molar-refractivity contribution in [2.24, 2.45) is 0 Å². The highest BCUT2D eigenvalue weighted by Gasteiger charge is 2.27. The number of amides is 2. The van der Waals surface area contributed by atoms with Crippen molar-refractivity contribution in [3.05, 3.63) is 89.5 Å². The first kappa shape index (κ1) is 26.3. The van der Waals surface area contributed by atoms with E-state index in [2.05, 4.69) is 10.6 Å². The van der Waals surface area contributed by atoms with E-state index < -0.39 is 24.9 Å². The number of alkyl carbamates (subject to hydrolysis) is 1. The number of rotatable bonds is 8. The predicted molar refractivity (Wildman–Crippen MR) is 141 cm³/mol. The fourth-order valence-corrected chi connectivity index (χ4v) is 3.90. The van der Waals surface area contributed by atoms with Crippen LogP contribution in [0.15, 0.2) is 72.8 Å². The molecule has 3 aromatic rings. The average molecular weight is 502 g/mol. The Morgan fingerprint density at radius 3 is 2.41 bits per heavy atom. The molecule has 37 heavy (non-hydrogen) atoms. The minimum atomic E-state index is -0.884. The SMILES string of the molecule is CC(C)(C)OC(=O)NC(Cc1ccccc1)C(=O)NCc1ccc(Oc2ccc3c(c2)COB3O)cc1. The van der Waals surface area contributed by atoms with Crippen LogP contribution >= 0.6 is 0 Å². The lowest BCUT2D eigenvalue weighted by atomic mass is 9.80. The summed E-state index contributed by atoms with van der Waals surface area (Å²) in [5.41, 5.74) is 2.78. The third-order valence-corrected chi connectivity index (χ3v) is 5.69. The number of hydrogen-bond donors (Lipinski definition) is 3. The molecule has 0 aliphatic carbocycles. The van der Waals surface area contributed by atoms with E-state index in [0.29, 0.717) is 24.5 Å². The number of carbonyl (C=O) groups excluding carboxylic acids is 2. The Kier molecular flexibility index (Phi) is 8.16. The quantitative estimate of drug-likeness (QED) is 0.408. The maximum Gasteiger partial charge on any atom is 0.491 e. The third kappa shape index (κ3) is 7.58. The summed E-state index contributed by atoms with van der Waals surface area (Å²) in [6.07, 6.45) is -0.306. The van der Waals surface area contributed by atoms with Crippen LogP contribution in [0.4, 0.5) is 4.79 Å². The van der Waals surface area contributed by atoms with Gasteiger partial charge in [0.1, 0.15) is 23.1 Å². The van der Waals surface area contributed by atoms with Gasteiger partial charge in [-0.25, -0.2) is 4.79 Å². The van der Waals surface area contributed by atoms with Gasteiger partial charge in [0.25, 0.3) is 0 Å². The Balaban J connectivity index is 1.35. The number of hydrogen-bond acceptors (Lipinski definition) is 6. The maximum absolute atomic E-state index is 13.0. The fraction of sp³-hybridized carbons (Fsp3) is 0.286. The van der Waals surface area contributed by atoms with Gasteiger partial charge in [-0.15, -0.1) is 0 Å². The molecule has 1 aliphatic rings. The van der Waals surface area contributed by atoms with E-state index in [0.717, 1.165) is 22.2 Å². The van der Waals surface area contributed by atoms with Gasteiger partial charge in [0.15, 0.2) is 0 Å². The molecule has 2 amide bonds. The first-order chi connectivity index (χ1) is 17.7. The largest absolute Gasteiger partial charge is 0.491 e. The van der Waals surface area contributed by atoms with Gasteiger partial charge < -0.3 is 29.8 Å². The first-order valence-corrected chi connectivity index (χ1v) is 12.2. The number of nitrogens with one attached hydrogen (secondary N) is 2. The molecule has 192 valence electrons. The van der Waals surface area contributed by atoms with E-state index in [1.165, 1.54) is 0 Å². The Morgan fingerprint density at radius 1 is 1.00 bits per heavy atom. The highest BCUT2D eigenvalue weighted by Crippen LogP contribution is 2.24. The molecule has 1 heterocycles. The van der Waals surface area contributed by atoms with Gasteiger partial charge >= 0.3 is 13.2 Å². The molecule has 1 atom stereocenters. The molecule has 3 aromatic carbocycles. The van der Waals surface area contributed by atoms with E-state index in [9.17, 15) is 14.6 Å². The number of benzene rings is 3. The summed E-state index contributed by atoms with van der Waals surface area (Å²) in [7, 11) is -0.884. The second-order valence-corrected chi connectivity index (χ2v) is 9.88. The molecule has 0 bridgehead atoms. The number of ether oxygens (including phenoxy) is 2. The van der Waals surface area contributed by atoms with Gasteiger partial charge in [0, 0.05) is 13.0 Å². The van der Waals surface area contributed by atoms with Crippen LogP contribution in [0.1, 0.15) is 37.5 Å². The minimum absolute atomic E-state index is 0.286. The normalized spacial score (nSPS) is 13.5.